The molecule has 0 spiro atoms. The van der Waals surface area contributed by atoms with Crippen LogP contribution in [-0.2, 0) is 6.42 Å². The van der Waals surface area contributed by atoms with Crippen LogP contribution in [-0.4, -0.2) is 12.6 Å². The molecule has 0 aromatic heterocycles. The molecule has 0 aliphatic carbocycles. The third-order valence-electron chi connectivity index (χ3n) is 3.66. The Morgan fingerprint density at radius 3 is 2.42 bits per heavy atom. The number of halogens is 1. The molecule has 1 aromatic rings. The molecule has 108 valence electrons. The van der Waals surface area contributed by atoms with Gasteiger partial charge in [-0.25, -0.2) is 0 Å². The van der Waals surface area contributed by atoms with Crippen molar-refractivity contribution in [1.82, 2.24) is 0 Å². The molecule has 2 nitrogen and oxygen atoms in total. The molecule has 1 unspecified atom stereocenters. The molecule has 1 atom stereocenters. The van der Waals surface area contributed by atoms with E-state index in [1.807, 2.05) is 12.1 Å². The number of nitrogens with two attached hydrogens (primary N) is 1. The first-order valence-corrected chi connectivity index (χ1v) is 8.06. The molecule has 0 amide bonds. The molecule has 0 saturated carbocycles. The van der Waals surface area contributed by atoms with E-state index in [1.54, 1.807) is 0 Å². The predicted octanol–water partition coefficient (Wildman–Crippen LogP) is 4.54. The molecule has 0 heterocycles. The van der Waals surface area contributed by atoms with Gasteiger partial charge in [0.1, 0.15) is 5.75 Å². The van der Waals surface area contributed by atoms with Gasteiger partial charge in [0.25, 0.3) is 0 Å². The second-order valence-corrected chi connectivity index (χ2v) is 6.03. The Labute approximate surface area is 125 Å². The molecule has 19 heavy (non-hydrogen) atoms. The minimum atomic E-state index is 0.199. The maximum absolute atomic E-state index is 6.06. The van der Waals surface area contributed by atoms with Crippen molar-refractivity contribution in [2.75, 3.05) is 6.61 Å². The Hall–Kier alpha value is -0.540. The average Bonchev–Trinajstić information content (AvgIpc) is 2.41. The van der Waals surface area contributed by atoms with Crippen molar-refractivity contribution in [3.63, 3.8) is 0 Å². The van der Waals surface area contributed by atoms with Crippen LogP contribution >= 0.6 is 15.9 Å². The van der Waals surface area contributed by atoms with Crippen LogP contribution in [0.1, 0.15) is 45.6 Å². The third kappa shape index (κ3) is 5.53. The van der Waals surface area contributed by atoms with Gasteiger partial charge in [0.05, 0.1) is 6.61 Å². The van der Waals surface area contributed by atoms with Gasteiger partial charge in [0.15, 0.2) is 0 Å². The highest BCUT2D eigenvalue weighted by molar-refractivity contribution is 9.10. The highest BCUT2D eigenvalue weighted by Crippen LogP contribution is 2.25. The quantitative estimate of drug-likeness (QED) is 0.760. The van der Waals surface area contributed by atoms with E-state index in [0.29, 0.717) is 5.92 Å². The van der Waals surface area contributed by atoms with Crippen LogP contribution < -0.4 is 10.5 Å². The van der Waals surface area contributed by atoms with Crippen LogP contribution in [0.25, 0.3) is 0 Å². The summed E-state index contributed by atoms with van der Waals surface area (Å²) in [6, 6.07) is 6.40. The molecule has 0 fully saturated rings. The topological polar surface area (TPSA) is 35.2 Å². The number of hydrogen-bond donors (Lipinski definition) is 1. The number of hydrogen-bond acceptors (Lipinski definition) is 2. The van der Waals surface area contributed by atoms with Crippen LogP contribution in [0.4, 0.5) is 0 Å². The van der Waals surface area contributed by atoms with Crippen LogP contribution in [0.15, 0.2) is 22.7 Å². The van der Waals surface area contributed by atoms with E-state index in [9.17, 15) is 0 Å². The zero-order chi connectivity index (χ0) is 14.3. The number of benzene rings is 1. The first-order valence-electron chi connectivity index (χ1n) is 7.27. The smallest absolute Gasteiger partial charge is 0.122 e. The summed E-state index contributed by atoms with van der Waals surface area (Å²) in [5.74, 6) is 1.62. The number of ether oxygens (including phenoxy) is 1. The highest BCUT2D eigenvalue weighted by Gasteiger charge is 2.11. The lowest BCUT2D eigenvalue weighted by Crippen LogP contribution is -2.22. The lowest BCUT2D eigenvalue weighted by atomic mass is 10.0. The summed E-state index contributed by atoms with van der Waals surface area (Å²) in [4.78, 5) is 0. The Morgan fingerprint density at radius 1 is 1.16 bits per heavy atom. The van der Waals surface area contributed by atoms with Crippen molar-refractivity contribution in [3.8, 4) is 5.75 Å². The summed E-state index contributed by atoms with van der Waals surface area (Å²) >= 11 is 3.52. The van der Waals surface area contributed by atoms with Crippen molar-refractivity contribution in [2.45, 2.75) is 52.5 Å². The Kier molecular flexibility index (Phi) is 7.47. The van der Waals surface area contributed by atoms with Gasteiger partial charge in [0, 0.05) is 10.5 Å². The Morgan fingerprint density at radius 2 is 1.84 bits per heavy atom. The third-order valence-corrected chi connectivity index (χ3v) is 4.15. The molecule has 3 heteroatoms. The van der Waals surface area contributed by atoms with E-state index < -0.39 is 0 Å². The van der Waals surface area contributed by atoms with Gasteiger partial charge in [-0.15, -0.1) is 0 Å². The van der Waals surface area contributed by atoms with Crippen molar-refractivity contribution in [3.05, 3.63) is 28.2 Å². The van der Waals surface area contributed by atoms with Crippen molar-refractivity contribution < 1.29 is 4.74 Å². The summed E-state index contributed by atoms with van der Waals surface area (Å²) in [6.45, 7) is 7.34. The lowest BCUT2D eigenvalue weighted by Gasteiger charge is -2.18. The molecular formula is C16H26BrNO. The van der Waals surface area contributed by atoms with Gasteiger partial charge < -0.3 is 10.5 Å². The fraction of sp³-hybridized carbons (Fsp3) is 0.625. The zero-order valence-electron chi connectivity index (χ0n) is 12.3. The van der Waals surface area contributed by atoms with Gasteiger partial charge in [-0.05, 0) is 42.5 Å². The first kappa shape index (κ1) is 16.5. The summed E-state index contributed by atoms with van der Waals surface area (Å²) < 4.78 is 7.09. The van der Waals surface area contributed by atoms with E-state index in [4.69, 9.17) is 10.5 Å². The monoisotopic (exact) mass is 327 g/mol. The average molecular weight is 328 g/mol. The Balaban J connectivity index is 2.75. The minimum Gasteiger partial charge on any atom is -0.493 e. The first-order chi connectivity index (χ1) is 9.10. The molecular weight excluding hydrogens is 302 g/mol. The lowest BCUT2D eigenvalue weighted by molar-refractivity contribution is 0.238. The van der Waals surface area contributed by atoms with E-state index >= 15 is 0 Å². The fourth-order valence-corrected chi connectivity index (χ4v) is 2.42. The summed E-state index contributed by atoms with van der Waals surface area (Å²) in [5, 5.41) is 0. The van der Waals surface area contributed by atoms with E-state index in [-0.39, 0.29) is 6.04 Å². The summed E-state index contributed by atoms with van der Waals surface area (Å²) in [5.41, 5.74) is 7.26. The van der Waals surface area contributed by atoms with E-state index in [1.165, 1.54) is 5.56 Å². The van der Waals surface area contributed by atoms with Gasteiger partial charge in [0.2, 0.25) is 0 Å². The molecule has 0 aliphatic heterocycles. The molecule has 0 aliphatic rings. The highest BCUT2D eigenvalue weighted by atomic mass is 79.9. The van der Waals surface area contributed by atoms with E-state index in [2.05, 4.69) is 42.8 Å². The number of rotatable bonds is 8. The van der Waals surface area contributed by atoms with E-state index in [0.717, 1.165) is 42.5 Å². The SMILES string of the molecule is CCC(N)Cc1cc(Br)ccc1OCC(CC)CC. The standard InChI is InChI=1S/C16H26BrNO/c1-4-12(5-2)11-19-16-8-7-14(17)9-13(16)10-15(18)6-3/h7-9,12,15H,4-6,10-11,18H2,1-3H3. The van der Waals surface area contributed by atoms with Gasteiger partial charge in [-0.3, -0.25) is 0 Å². The minimum absolute atomic E-state index is 0.199. The fourth-order valence-electron chi connectivity index (χ4n) is 2.01. The molecule has 0 bridgehead atoms. The predicted molar refractivity (Wildman–Crippen MR) is 85.7 cm³/mol. The van der Waals surface area contributed by atoms with Crippen molar-refractivity contribution in [2.24, 2.45) is 11.7 Å². The van der Waals surface area contributed by atoms with Crippen LogP contribution in [0, 0.1) is 5.92 Å². The second-order valence-electron chi connectivity index (χ2n) is 5.12. The Bertz CT molecular complexity index is 377. The zero-order valence-corrected chi connectivity index (χ0v) is 13.9. The van der Waals surface area contributed by atoms with Crippen molar-refractivity contribution in [1.29, 1.82) is 0 Å². The molecule has 1 rings (SSSR count). The summed E-state index contributed by atoms with van der Waals surface area (Å²) in [7, 11) is 0. The molecule has 1 aromatic carbocycles. The summed E-state index contributed by atoms with van der Waals surface area (Å²) in [6.07, 6.45) is 4.18. The largest absolute Gasteiger partial charge is 0.493 e. The molecule has 0 saturated heterocycles. The van der Waals surface area contributed by atoms with Crippen LogP contribution in [0.2, 0.25) is 0 Å². The van der Waals surface area contributed by atoms with Crippen molar-refractivity contribution >= 4 is 15.9 Å². The molecule has 2 N–H and O–H groups in total. The van der Waals surface area contributed by atoms with Gasteiger partial charge in [-0.1, -0.05) is 49.5 Å². The van der Waals surface area contributed by atoms with Gasteiger partial charge >= 0.3 is 0 Å². The maximum atomic E-state index is 6.06. The van der Waals surface area contributed by atoms with Gasteiger partial charge in [-0.2, -0.15) is 0 Å². The normalized spacial score (nSPS) is 12.7. The maximum Gasteiger partial charge on any atom is 0.122 e. The van der Waals surface area contributed by atoms with Crippen LogP contribution in [0.5, 0.6) is 5.75 Å². The molecule has 0 radical (unpaired) electrons. The second kappa shape index (κ2) is 8.60. The van der Waals surface area contributed by atoms with Crippen LogP contribution in [0.3, 0.4) is 0 Å².